The number of benzene rings is 1. The van der Waals surface area contributed by atoms with E-state index in [2.05, 4.69) is 10.1 Å². The summed E-state index contributed by atoms with van der Waals surface area (Å²) in [5.41, 5.74) is 0.164. The van der Waals surface area contributed by atoms with Gasteiger partial charge in [-0.15, -0.1) is 0 Å². The van der Waals surface area contributed by atoms with Crippen molar-refractivity contribution in [3.63, 3.8) is 0 Å². The van der Waals surface area contributed by atoms with E-state index in [1.807, 2.05) is 0 Å². The van der Waals surface area contributed by atoms with Crippen molar-refractivity contribution in [3.8, 4) is 11.4 Å². The van der Waals surface area contributed by atoms with Gasteiger partial charge < -0.3 is 9.63 Å². The molecule has 1 N–H and O–H groups in total. The van der Waals surface area contributed by atoms with Crippen LogP contribution in [-0.4, -0.2) is 46.0 Å². The SMILES string of the molecule is CN(Cc1nc(-c2ccc(F)c(F)c2)no1)CC(O)C(F)(F)F. The van der Waals surface area contributed by atoms with Gasteiger partial charge in [0.05, 0.1) is 6.54 Å². The first-order chi connectivity index (χ1) is 10.7. The third-order valence-electron chi connectivity index (χ3n) is 2.91. The quantitative estimate of drug-likeness (QED) is 0.849. The van der Waals surface area contributed by atoms with E-state index < -0.39 is 30.5 Å². The number of alkyl halides is 3. The fraction of sp³-hybridized carbons (Fsp3) is 0.385. The molecule has 10 heteroatoms. The largest absolute Gasteiger partial charge is 0.415 e. The van der Waals surface area contributed by atoms with Crippen molar-refractivity contribution in [2.45, 2.75) is 18.8 Å². The van der Waals surface area contributed by atoms with Crippen LogP contribution in [0, 0.1) is 11.6 Å². The monoisotopic (exact) mass is 337 g/mol. The van der Waals surface area contributed by atoms with Gasteiger partial charge in [-0.05, 0) is 25.2 Å². The van der Waals surface area contributed by atoms with Crippen molar-refractivity contribution < 1.29 is 31.6 Å². The number of aliphatic hydroxyl groups excluding tert-OH is 1. The number of nitrogens with zero attached hydrogens (tertiary/aromatic N) is 3. The van der Waals surface area contributed by atoms with E-state index >= 15 is 0 Å². The van der Waals surface area contributed by atoms with Gasteiger partial charge in [-0.25, -0.2) is 8.78 Å². The van der Waals surface area contributed by atoms with Gasteiger partial charge in [-0.2, -0.15) is 18.2 Å². The van der Waals surface area contributed by atoms with E-state index in [9.17, 15) is 22.0 Å². The number of halogens is 5. The molecular weight excluding hydrogens is 325 g/mol. The normalized spacial score (nSPS) is 13.6. The minimum atomic E-state index is -4.72. The van der Waals surface area contributed by atoms with Gasteiger partial charge in [-0.3, -0.25) is 4.90 Å². The number of likely N-dealkylation sites (N-methyl/N-ethyl adjacent to an activating group) is 1. The zero-order valence-corrected chi connectivity index (χ0v) is 11.8. The predicted octanol–water partition coefficient (Wildman–Crippen LogP) is 2.37. The number of hydrogen-bond acceptors (Lipinski definition) is 5. The predicted molar refractivity (Wildman–Crippen MR) is 68.0 cm³/mol. The minimum Gasteiger partial charge on any atom is -0.382 e. The first-order valence-electron chi connectivity index (χ1n) is 6.38. The van der Waals surface area contributed by atoms with Crippen LogP contribution in [0.25, 0.3) is 11.4 Å². The average molecular weight is 337 g/mol. The molecule has 0 radical (unpaired) electrons. The summed E-state index contributed by atoms with van der Waals surface area (Å²) in [6.45, 7) is -0.823. The Hall–Kier alpha value is -2.07. The first-order valence-corrected chi connectivity index (χ1v) is 6.38. The molecule has 0 aliphatic heterocycles. The molecule has 5 nitrogen and oxygen atoms in total. The molecule has 1 aromatic carbocycles. The summed E-state index contributed by atoms with van der Waals surface area (Å²) in [4.78, 5) is 5.03. The second-order valence-corrected chi connectivity index (χ2v) is 4.89. The molecule has 1 unspecified atom stereocenters. The molecule has 0 saturated carbocycles. The fourth-order valence-electron chi connectivity index (χ4n) is 1.77. The van der Waals surface area contributed by atoms with E-state index in [4.69, 9.17) is 9.63 Å². The average Bonchev–Trinajstić information content (AvgIpc) is 2.89. The van der Waals surface area contributed by atoms with Gasteiger partial charge in [0.15, 0.2) is 17.7 Å². The Morgan fingerprint density at radius 1 is 1.26 bits per heavy atom. The molecular formula is C13H12F5N3O2. The summed E-state index contributed by atoms with van der Waals surface area (Å²) in [5.74, 6) is -2.16. The molecule has 1 heterocycles. The van der Waals surface area contributed by atoms with Gasteiger partial charge >= 0.3 is 6.18 Å². The fourth-order valence-corrected chi connectivity index (χ4v) is 1.77. The molecule has 23 heavy (non-hydrogen) atoms. The first kappa shape index (κ1) is 17.3. The number of hydrogen-bond donors (Lipinski definition) is 1. The van der Waals surface area contributed by atoms with Crippen LogP contribution in [0.5, 0.6) is 0 Å². The maximum absolute atomic E-state index is 13.1. The zero-order valence-electron chi connectivity index (χ0n) is 11.8. The summed E-state index contributed by atoms with van der Waals surface area (Å²) in [5, 5.41) is 12.5. The van der Waals surface area contributed by atoms with Crippen LogP contribution >= 0.6 is 0 Å². The van der Waals surface area contributed by atoms with E-state index in [1.165, 1.54) is 13.1 Å². The molecule has 2 rings (SSSR count). The molecule has 0 fully saturated rings. The highest BCUT2D eigenvalue weighted by atomic mass is 19.4. The molecule has 0 spiro atoms. The molecule has 0 bridgehead atoms. The molecule has 126 valence electrons. The van der Waals surface area contributed by atoms with Crippen molar-refractivity contribution in [1.29, 1.82) is 0 Å². The summed E-state index contributed by atoms with van der Waals surface area (Å²) in [6.07, 6.45) is -7.22. The third-order valence-corrected chi connectivity index (χ3v) is 2.91. The minimum absolute atomic E-state index is 0.0244. The van der Waals surface area contributed by atoms with Crippen LogP contribution in [0.1, 0.15) is 5.89 Å². The van der Waals surface area contributed by atoms with Crippen LogP contribution in [0.3, 0.4) is 0 Å². The van der Waals surface area contributed by atoms with E-state index in [1.54, 1.807) is 0 Å². The lowest BCUT2D eigenvalue weighted by Crippen LogP contribution is -2.39. The standard InChI is InChI=1S/C13H12F5N3O2/c1-21(5-10(22)13(16,17)18)6-11-19-12(20-23-11)7-2-3-8(14)9(15)4-7/h2-4,10,22H,5-6H2,1H3. The van der Waals surface area contributed by atoms with E-state index in [0.717, 1.165) is 17.0 Å². The van der Waals surface area contributed by atoms with Gasteiger partial charge in [0.2, 0.25) is 11.7 Å². The summed E-state index contributed by atoms with van der Waals surface area (Å²) >= 11 is 0. The summed E-state index contributed by atoms with van der Waals surface area (Å²) in [7, 11) is 1.33. The molecule has 0 saturated heterocycles. The van der Waals surface area contributed by atoms with Crippen LogP contribution < -0.4 is 0 Å². The molecule has 1 atom stereocenters. The Balaban J connectivity index is 2.03. The van der Waals surface area contributed by atoms with Crippen LogP contribution in [0.2, 0.25) is 0 Å². The van der Waals surface area contributed by atoms with Gasteiger partial charge in [0.1, 0.15) is 0 Å². The molecule has 0 amide bonds. The second-order valence-electron chi connectivity index (χ2n) is 4.89. The summed E-state index contributed by atoms with van der Waals surface area (Å²) < 4.78 is 67.6. The van der Waals surface area contributed by atoms with E-state index in [0.29, 0.717) is 0 Å². The maximum Gasteiger partial charge on any atom is 0.415 e. The Labute approximate surface area is 127 Å². The summed E-state index contributed by atoms with van der Waals surface area (Å²) in [6, 6.07) is 3.01. The lowest BCUT2D eigenvalue weighted by Gasteiger charge is -2.20. The maximum atomic E-state index is 13.1. The van der Waals surface area contributed by atoms with E-state index in [-0.39, 0.29) is 23.8 Å². The lowest BCUT2D eigenvalue weighted by atomic mass is 10.2. The number of aliphatic hydroxyl groups is 1. The van der Waals surface area contributed by atoms with Gasteiger partial charge in [-0.1, -0.05) is 5.16 Å². The van der Waals surface area contributed by atoms with Gasteiger partial charge in [0.25, 0.3) is 0 Å². The smallest absolute Gasteiger partial charge is 0.382 e. The number of aromatic nitrogens is 2. The lowest BCUT2D eigenvalue weighted by molar-refractivity contribution is -0.207. The third kappa shape index (κ3) is 4.45. The highest BCUT2D eigenvalue weighted by Crippen LogP contribution is 2.21. The van der Waals surface area contributed by atoms with Crippen LogP contribution in [0.4, 0.5) is 22.0 Å². The highest BCUT2D eigenvalue weighted by molar-refractivity contribution is 5.54. The van der Waals surface area contributed by atoms with Crippen molar-refractivity contribution in [1.82, 2.24) is 15.0 Å². The molecule has 2 aromatic rings. The second kappa shape index (κ2) is 6.59. The Bertz CT molecular complexity index is 674. The Morgan fingerprint density at radius 3 is 2.57 bits per heavy atom. The molecule has 0 aliphatic carbocycles. The molecule has 1 aromatic heterocycles. The van der Waals surface area contributed by atoms with Crippen LogP contribution in [0.15, 0.2) is 22.7 Å². The zero-order chi connectivity index (χ0) is 17.2. The van der Waals surface area contributed by atoms with Crippen molar-refractivity contribution in [2.75, 3.05) is 13.6 Å². The van der Waals surface area contributed by atoms with Crippen LogP contribution in [-0.2, 0) is 6.54 Å². The van der Waals surface area contributed by atoms with Crippen molar-refractivity contribution in [2.24, 2.45) is 0 Å². The van der Waals surface area contributed by atoms with Gasteiger partial charge in [0, 0.05) is 12.1 Å². The number of rotatable bonds is 5. The van der Waals surface area contributed by atoms with Crippen molar-refractivity contribution >= 4 is 0 Å². The Morgan fingerprint density at radius 2 is 1.96 bits per heavy atom. The topological polar surface area (TPSA) is 62.4 Å². The molecule has 0 aliphatic rings. The Kier molecular flexibility index (Phi) is 4.95. The highest BCUT2D eigenvalue weighted by Gasteiger charge is 2.38. The van der Waals surface area contributed by atoms with Crippen molar-refractivity contribution in [3.05, 3.63) is 35.7 Å².